The molecule has 1 unspecified atom stereocenters. The van der Waals surface area contributed by atoms with Crippen molar-refractivity contribution in [1.29, 1.82) is 0 Å². The smallest absolute Gasteiger partial charge is 0.134 e. The van der Waals surface area contributed by atoms with Gasteiger partial charge in [0.05, 0.1) is 6.04 Å². The molecule has 0 saturated carbocycles. The highest BCUT2D eigenvalue weighted by molar-refractivity contribution is 9.11. The highest BCUT2D eigenvalue weighted by atomic mass is 79.9. The molecule has 2 nitrogen and oxygen atoms in total. The largest absolute Gasteiger partial charge is 0.459 e. The van der Waals surface area contributed by atoms with Gasteiger partial charge in [-0.1, -0.05) is 43.5 Å². The highest BCUT2D eigenvalue weighted by Crippen LogP contribution is 2.33. The standard InChI is InChI=1S/C15H10Br2ClNO/c16-9-1-3-12(17)11(7-9)15(19)14-6-8-5-10(18)2-4-13(8)20-14/h1-7,15H,19H2. The summed E-state index contributed by atoms with van der Waals surface area (Å²) >= 11 is 13.0. The van der Waals surface area contributed by atoms with Gasteiger partial charge < -0.3 is 10.2 Å². The van der Waals surface area contributed by atoms with Gasteiger partial charge in [-0.15, -0.1) is 0 Å². The van der Waals surface area contributed by atoms with E-state index in [4.69, 9.17) is 21.8 Å². The summed E-state index contributed by atoms with van der Waals surface area (Å²) in [5.74, 6) is 0.709. The Morgan fingerprint density at radius 1 is 1.05 bits per heavy atom. The highest BCUT2D eigenvalue weighted by Gasteiger charge is 2.17. The molecule has 1 atom stereocenters. The second-order valence-corrected chi connectivity index (χ2v) is 6.68. The molecule has 20 heavy (non-hydrogen) atoms. The Bertz CT molecular complexity index is 785. The fraction of sp³-hybridized carbons (Fsp3) is 0.0667. The van der Waals surface area contributed by atoms with Crippen LogP contribution in [0, 0.1) is 0 Å². The van der Waals surface area contributed by atoms with Crippen LogP contribution in [0.3, 0.4) is 0 Å². The summed E-state index contributed by atoms with van der Waals surface area (Å²) in [7, 11) is 0. The maximum Gasteiger partial charge on any atom is 0.134 e. The molecule has 0 aliphatic rings. The molecule has 3 rings (SSSR count). The molecule has 5 heteroatoms. The summed E-state index contributed by atoms with van der Waals surface area (Å²) in [6.07, 6.45) is 0. The van der Waals surface area contributed by atoms with Crippen LogP contribution in [0.2, 0.25) is 5.02 Å². The van der Waals surface area contributed by atoms with Gasteiger partial charge in [0.25, 0.3) is 0 Å². The topological polar surface area (TPSA) is 39.2 Å². The van der Waals surface area contributed by atoms with Crippen molar-refractivity contribution >= 4 is 54.4 Å². The number of nitrogens with two attached hydrogens (primary N) is 1. The fourth-order valence-corrected chi connectivity index (χ4v) is 3.15. The molecule has 1 aromatic heterocycles. The van der Waals surface area contributed by atoms with Crippen LogP contribution in [-0.4, -0.2) is 0 Å². The van der Waals surface area contributed by atoms with E-state index in [2.05, 4.69) is 31.9 Å². The van der Waals surface area contributed by atoms with Gasteiger partial charge in [-0.05, 0) is 48.0 Å². The van der Waals surface area contributed by atoms with Crippen molar-refractivity contribution < 1.29 is 4.42 Å². The summed E-state index contributed by atoms with van der Waals surface area (Å²) in [6, 6.07) is 13.0. The van der Waals surface area contributed by atoms with Gasteiger partial charge in [-0.3, -0.25) is 0 Å². The lowest BCUT2D eigenvalue weighted by Crippen LogP contribution is -2.11. The fourth-order valence-electron chi connectivity index (χ4n) is 2.09. The average Bonchev–Trinajstić information content (AvgIpc) is 2.83. The Kier molecular flexibility index (Phi) is 3.91. The zero-order valence-electron chi connectivity index (χ0n) is 10.2. The molecule has 0 amide bonds. The molecule has 2 N–H and O–H groups in total. The predicted octanol–water partition coefficient (Wildman–Crippen LogP) is 5.66. The van der Waals surface area contributed by atoms with E-state index in [1.165, 1.54) is 0 Å². The Balaban J connectivity index is 2.07. The first-order valence-electron chi connectivity index (χ1n) is 5.94. The minimum atomic E-state index is -0.340. The summed E-state index contributed by atoms with van der Waals surface area (Å²) < 4.78 is 7.74. The third-order valence-electron chi connectivity index (χ3n) is 3.10. The molecule has 0 bridgehead atoms. The zero-order valence-corrected chi connectivity index (χ0v) is 14.2. The molecule has 0 spiro atoms. The van der Waals surface area contributed by atoms with Gasteiger partial charge in [-0.2, -0.15) is 0 Å². The molecule has 0 aliphatic carbocycles. The molecule has 102 valence electrons. The van der Waals surface area contributed by atoms with Crippen molar-refractivity contribution in [2.45, 2.75) is 6.04 Å². The number of fused-ring (bicyclic) bond motifs is 1. The maximum absolute atomic E-state index is 6.31. The van der Waals surface area contributed by atoms with Crippen LogP contribution in [0.25, 0.3) is 11.0 Å². The SMILES string of the molecule is NC(c1cc2cc(Cl)ccc2o1)c1cc(Br)ccc1Br. The number of benzene rings is 2. The Morgan fingerprint density at radius 3 is 2.65 bits per heavy atom. The Morgan fingerprint density at radius 2 is 1.85 bits per heavy atom. The van der Waals surface area contributed by atoms with Gasteiger partial charge in [0.1, 0.15) is 11.3 Å². The molecular formula is C15H10Br2ClNO. The third kappa shape index (κ3) is 2.66. The van der Waals surface area contributed by atoms with Crippen LogP contribution in [0.15, 0.2) is 55.8 Å². The first kappa shape index (κ1) is 14.1. The van der Waals surface area contributed by atoms with Crippen LogP contribution in [0.5, 0.6) is 0 Å². The van der Waals surface area contributed by atoms with Crippen LogP contribution >= 0.6 is 43.5 Å². The van der Waals surface area contributed by atoms with Gasteiger partial charge in [0.2, 0.25) is 0 Å². The van der Waals surface area contributed by atoms with E-state index in [1.54, 1.807) is 6.07 Å². The van der Waals surface area contributed by atoms with Crippen LogP contribution in [-0.2, 0) is 0 Å². The lowest BCUT2D eigenvalue weighted by Gasteiger charge is -2.11. The monoisotopic (exact) mass is 413 g/mol. The summed E-state index contributed by atoms with van der Waals surface area (Å²) in [5.41, 5.74) is 8.06. The maximum atomic E-state index is 6.31. The molecule has 0 saturated heterocycles. The van der Waals surface area contributed by atoms with E-state index in [0.29, 0.717) is 10.8 Å². The number of halogens is 3. The summed E-state index contributed by atoms with van der Waals surface area (Å²) in [5, 5.41) is 1.64. The van der Waals surface area contributed by atoms with Gasteiger partial charge in [0.15, 0.2) is 0 Å². The van der Waals surface area contributed by atoms with Gasteiger partial charge >= 0.3 is 0 Å². The van der Waals surface area contributed by atoms with E-state index in [1.807, 2.05) is 36.4 Å². The number of hydrogen-bond donors (Lipinski definition) is 1. The van der Waals surface area contributed by atoms with Crippen molar-refractivity contribution in [3.63, 3.8) is 0 Å². The third-order valence-corrected chi connectivity index (χ3v) is 4.55. The van der Waals surface area contributed by atoms with Crippen LogP contribution in [0.4, 0.5) is 0 Å². The summed E-state index contributed by atoms with van der Waals surface area (Å²) in [6.45, 7) is 0. The van der Waals surface area contributed by atoms with E-state index < -0.39 is 0 Å². The normalized spacial score (nSPS) is 12.8. The predicted molar refractivity (Wildman–Crippen MR) is 89.1 cm³/mol. The van der Waals surface area contributed by atoms with Gasteiger partial charge in [-0.25, -0.2) is 0 Å². The molecule has 0 radical (unpaired) electrons. The second-order valence-electron chi connectivity index (χ2n) is 4.47. The first-order valence-corrected chi connectivity index (χ1v) is 7.90. The molecule has 0 aliphatic heterocycles. The van der Waals surface area contributed by atoms with Crippen molar-refractivity contribution in [3.05, 3.63) is 67.8 Å². The lowest BCUT2D eigenvalue weighted by molar-refractivity contribution is 0.524. The minimum absolute atomic E-state index is 0.340. The van der Waals surface area contributed by atoms with Crippen molar-refractivity contribution in [2.75, 3.05) is 0 Å². The van der Waals surface area contributed by atoms with E-state index in [9.17, 15) is 0 Å². The minimum Gasteiger partial charge on any atom is -0.459 e. The molecular weight excluding hydrogens is 405 g/mol. The quantitative estimate of drug-likeness (QED) is 0.587. The van der Waals surface area contributed by atoms with E-state index in [0.717, 1.165) is 25.5 Å². The Hall–Kier alpha value is -0.810. The van der Waals surface area contributed by atoms with Crippen LogP contribution in [0.1, 0.15) is 17.4 Å². The lowest BCUT2D eigenvalue weighted by atomic mass is 10.1. The summed E-state index contributed by atoms with van der Waals surface area (Å²) in [4.78, 5) is 0. The van der Waals surface area contributed by atoms with Crippen molar-refractivity contribution in [2.24, 2.45) is 5.73 Å². The number of furan rings is 1. The second kappa shape index (κ2) is 5.53. The molecule has 0 fully saturated rings. The van der Waals surface area contributed by atoms with E-state index in [-0.39, 0.29) is 6.04 Å². The van der Waals surface area contributed by atoms with Gasteiger partial charge in [0, 0.05) is 19.4 Å². The number of hydrogen-bond acceptors (Lipinski definition) is 2. The average molecular weight is 416 g/mol. The number of rotatable bonds is 2. The first-order chi connectivity index (χ1) is 9.54. The van der Waals surface area contributed by atoms with E-state index >= 15 is 0 Å². The molecule has 3 aromatic rings. The van der Waals surface area contributed by atoms with Crippen molar-refractivity contribution in [1.82, 2.24) is 0 Å². The molecule has 2 aromatic carbocycles. The zero-order chi connectivity index (χ0) is 14.3. The Labute approximate surface area is 138 Å². The molecule has 1 heterocycles. The van der Waals surface area contributed by atoms with Crippen LogP contribution < -0.4 is 5.73 Å². The van der Waals surface area contributed by atoms with Crippen molar-refractivity contribution in [3.8, 4) is 0 Å².